The van der Waals surface area contributed by atoms with Crippen molar-refractivity contribution < 1.29 is 88.7 Å². The Morgan fingerprint density at radius 3 is 2.06 bits per heavy atom. The summed E-state index contributed by atoms with van der Waals surface area (Å²) in [6.07, 6.45) is -10.7. The van der Waals surface area contributed by atoms with E-state index in [2.05, 4.69) is 54.5 Å². The number of ether oxygens (including phenoxy) is 7. The van der Waals surface area contributed by atoms with Gasteiger partial charge in [-0.1, -0.05) is 60.1 Å². The summed E-state index contributed by atoms with van der Waals surface area (Å²) in [4.78, 5) is 25.5. The molecule has 0 spiro atoms. The number of rotatable bonds is 11. The van der Waals surface area contributed by atoms with E-state index in [9.17, 15) is 55.5 Å². The maximum atomic E-state index is 14.1. The number of fused-ring (bicyclic) bond motifs is 7. The third-order valence-electron chi connectivity index (χ3n) is 19.5. The van der Waals surface area contributed by atoms with Crippen molar-refractivity contribution >= 4 is 11.9 Å². The molecule has 0 unspecified atom stereocenters. The van der Waals surface area contributed by atoms with Gasteiger partial charge >= 0.3 is 11.9 Å². The highest BCUT2D eigenvalue weighted by molar-refractivity contribution is 5.79. The Morgan fingerprint density at radius 1 is 0.721 bits per heavy atom. The monoisotopic (exact) mass is 969 g/mol. The van der Waals surface area contributed by atoms with Gasteiger partial charge in [-0.3, -0.25) is 9.59 Å². The van der Waals surface area contributed by atoms with Gasteiger partial charge in [-0.05, 0) is 116 Å². The zero-order chi connectivity index (χ0) is 49.7. The number of carbonyl (C=O) groups is 2. The molecule has 18 nitrogen and oxygen atoms in total. The van der Waals surface area contributed by atoms with Crippen LogP contribution in [0.1, 0.15) is 126 Å². The maximum absolute atomic E-state index is 14.1. The molecule has 8 aliphatic rings. The Bertz CT molecular complexity index is 1880. The number of aliphatic hydroxyl groups excluding tert-OH is 8. The summed E-state index contributed by atoms with van der Waals surface area (Å²) in [5.41, 5.74) is -0.0881. The molecule has 388 valence electrons. The van der Waals surface area contributed by atoms with Crippen molar-refractivity contribution in [1.29, 1.82) is 0 Å². The van der Waals surface area contributed by atoms with E-state index in [1.165, 1.54) is 12.5 Å². The molecule has 3 heterocycles. The SMILES string of the molecule is C[C@@H]1O[C@@H](O[C@H]2[C@H](O[C@H]3CC[C@]4(C)[C@H]5CC=C6[C@@H]7CC(C)(C)CC[C@]7(C(=O)OCCC(=O)O)CC[C@@]6(C)[C@]5(C)CC[C@H]4C3(C)C)OC[C@H](O[C@@H]3O[C@H](CO)[C@@H](O)[C@H](O)[C@H]3O)[C@@H]2O)[C@H](O)[C@H](O)[C@H]1O. The van der Waals surface area contributed by atoms with Crippen LogP contribution in [0, 0.1) is 50.2 Å². The molecular weight excluding hydrogens is 889 g/mol. The van der Waals surface area contributed by atoms with Gasteiger partial charge in [-0.25, -0.2) is 0 Å². The molecule has 4 saturated carbocycles. The van der Waals surface area contributed by atoms with E-state index in [-0.39, 0.29) is 59.1 Å². The number of carbonyl (C=O) groups excluding carboxylic acids is 1. The van der Waals surface area contributed by atoms with Crippen LogP contribution in [0.2, 0.25) is 0 Å². The molecule has 0 aromatic carbocycles. The number of aliphatic hydroxyl groups is 8. The third-order valence-corrected chi connectivity index (χ3v) is 19.5. The molecule has 3 aliphatic heterocycles. The van der Waals surface area contributed by atoms with Crippen molar-refractivity contribution in [3.63, 3.8) is 0 Å². The second-order valence-corrected chi connectivity index (χ2v) is 24.0. The van der Waals surface area contributed by atoms with E-state index in [4.69, 9.17) is 33.2 Å². The summed E-state index contributed by atoms with van der Waals surface area (Å²) < 4.78 is 42.6. The molecule has 8 rings (SSSR count). The average molecular weight is 969 g/mol. The summed E-state index contributed by atoms with van der Waals surface area (Å²) >= 11 is 0. The first-order chi connectivity index (χ1) is 31.8. The average Bonchev–Trinajstić information content (AvgIpc) is 3.27. The Morgan fingerprint density at radius 2 is 1.38 bits per heavy atom. The molecule has 7 fully saturated rings. The molecular formula is C50H80O18. The molecule has 18 heteroatoms. The van der Waals surface area contributed by atoms with Gasteiger partial charge in [0.15, 0.2) is 18.9 Å². The first-order valence-electron chi connectivity index (χ1n) is 25.1. The fraction of sp³-hybridized carbons (Fsp3) is 0.920. The molecule has 0 bridgehead atoms. The zero-order valence-electron chi connectivity index (χ0n) is 41.1. The summed E-state index contributed by atoms with van der Waals surface area (Å²) in [6.45, 7) is 16.8. The van der Waals surface area contributed by atoms with E-state index in [0.717, 1.165) is 51.4 Å². The van der Waals surface area contributed by atoms with Gasteiger partial charge in [0.2, 0.25) is 0 Å². The lowest BCUT2D eigenvalue weighted by molar-refractivity contribution is -0.380. The van der Waals surface area contributed by atoms with Crippen molar-refractivity contribution in [1.82, 2.24) is 0 Å². The lowest BCUT2D eigenvalue weighted by Crippen LogP contribution is -2.66. The lowest BCUT2D eigenvalue weighted by Gasteiger charge is -2.71. The molecule has 0 amide bonds. The number of carboxylic acids is 1. The minimum absolute atomic E-state index is 0.00564. The van der Waals surface area contributed by atoms with Crippen LogP contribution in [0.15, 0.2) is 11.6 Å². The Hall–Kier alpha value is -1.88. The quantitative estimate of drug-likeness (QED) is 0.0816. The number of hydrogen-bond acceptors (Lipinski definition) is 17. The van der Waals surface area contributed by atoms with Gasteiger partial charge in [0, 0.05) is 0 Å². The molecule has 22 atom stereocenters. The minimum Gasteiger partial charge on any atom is -0.481 e. The van der Waals surface area contributed by atoms with Crippen LogP contribution < -0.4 is 0 Å². The van der Waals surface area contributed by atoms with Gasteiger partial charge in [-0.2, -0.15) is 0 Å². The van der Waals surface area contributed by atoms with Crippen LogP contribution in [0.25, 0.3) is 0 Å². The van der Waals surface area contributed by atoms with Gasteiger partial charge in [0.1, 0.15) is 67.6 Å². The van der Waals surface area contributed by atoms with Crippen molar-refractivity contribution in [3.8, 4) is 0 Å². The standard InChI is InChI=1S/C50H80O18/c1-24-33(54)36(57)38(59)41(64-24)68-40-35(56)28(66-42-39(60)37(58)34(55)27(22-51)65-42)23-63-43(40)67-31-12-14-47(6)29(46(31,4)5)11-15-49(8)30(47)10-9-25-26-21-45(2,3)16-18-50(26,19-17-48(25,49)7)44(61)62-20-13-32(52)53/h9,24,26-31,33-43,51,54-60H,10-23H2,1-8H3,(H,52,53)/t24-,26-,27+,28-,29-,30+,31-,33-,34+,35-,36+,37-,38+,39+,40+,41-,42-,43-,47-,48+,49+,50-/m0/s1. The minimum atomic E-state index is -1.76. The van der Waals surface area contributed by atoms with Crippen LogP contribution in [0.4, 0.5) is 0 Å². The van der Waals surface area contributed by atoms with E-state index in [1.54, 1.807) is 0 Å². The largest absolute Gasteiger partial charge is 0.481 e. The van der Waals surface area contributed by atoms with Crippen LogP contribution in [0.5, 0.6) is 0 Å². The van der Waals surface area contributed by atoms with Gasteiger partial charge in [-0.15, -0.1) is 0 Å². The predicted molar refractivity (Wildman–Crippen MR) is 239 cm³/mol. The molecule has 0 radical (unpaired) electrons. The second kappa shape index (κ2) is 18.9. The van der Waals surface area contributed by atoms with Crippen molar-refractivity contribution in [2.75, 3.05) is 19.8 Å². The van der Waals surface area contributed by atoms with Gasteiger partial charge in [0.05, 0.1) is 37.3 Å². The summed E-state index contributed by atoms with van der Waals surface area (Å²) in [6, 6.07) is 0. The van der Waals surface area contributed by atoms with E-state index < -0.39 is 116 Å². The van der Waals surface area contributed by atoms with E-state index in [1.807, 2.05) is 0 Å². The maximum Gasteiger partial charge on any atom is 0.312 e. The molecule has 68 heavy (non-hydrogen) atoms. The van der Waals surface area contributed by atoms with Crippen molar-refractivity contribution in [2.45, 2.75) is 218 Å². The molecule has 0 aromatic rings. The molecule has 0 aromatic heterocycles. The number of allylic oxidation sites excluding steroid dienone is 2. The normalized spacial score (nSPS) is 50.9. The van der Waals surface area contributed by atoms with Crippen LogP contribution in [-0.2, 0) is 42.7 Å². The third kappa shape index (κ3) is 8.62. The second-order valence-electron chi connectivity index (χ2n) is 24.0. The highest BCUT2D eigenvalue weighted by Gasteiger charge is 2.70. The first-order valence-corrected chi connectivity index (χ1v) is 25.1. The first kappa shape index (κ1) is 52.4. The Kier molecular flexibility index (Phi) is 14.6. The number of aliphatic carboxylic acids is 1. The van der Waals surface area contributed by atoms with Gasteiger partial charge in [0.25, 0.3) is 0 Å². The van der Waals surface area contributed by atoms with Crippen molar-refractivity contribution in [3.05, 3.63) is 11.6 Å². The number of hydrogen-bond donors (Lipinski definition) is 9. The fourth-order valence-electron chi connectivity index (χ4n) is 15.1. The van der Waals surface area contributed by atoms with Crippen molar-refractivity contribution in [2.24, 2.45) is 50.2 Å². The zero-order valence-corrected chi connectivity index (χ0v) is 41.1. The van der Waals surface area contributed by atoms with E-state index in [0.29, 0.717) is 18.8 Å². The smallest absolute Gasteiger partial charge is 0.312 e. The number of esters is 1. The Labute approximate surface area is 399 Å². The summed E-state index contributed by atoms with van der Waals surface area (Å²) in [5, 5.41) is 94.7. The van der Waals surface area contributed by atoms with E-state index >= 15 is 0 Å². The molecule has 3 saturated heterocycles. The van der Waals surface area contributed by atoms with Gasteiger partial charge < -0.3 is 79.1 Å². The number of carboxylic acid groups (broad SMARTS) is 1. The fourth-order valence-corrected chi connectivity index (χ4v) is 15.1. The van der Waals surface area contributed by atoms with Crippen LogP contribution in [0.3, 0.4) is 0 Å². The van der Waals surface area contributed by atoms with Crippen LogP contribution >= 0.6 is 0 Å². The topological polar surface area (TPSA) is 281 Å². The lowest BCUT2D eigenvalue weighted by atomic mass is 9.33. The molecule has 9 N–H and O–H groups in total. The summed E-state index contributed by atoms with van der Waals surface area (Å²) in [7, 11) is 0. The highest BCUT2D eigenvalue weighted by Crippen LogP contribution is 2.76. The molecule has 5 aliphatic carbocycles. The van der Waals surface area contributed by atoms with Crippen LogP contribution in [-0.4, -0.2) is 170 Å². The summed E-state index contributed by atoms with van der Waals surface area (Å²) in [5.74, 6) is -0.730. The highest BCUT2D eigenvalue weighted by atomic mass is 16.8. The predicted octanol–water partition coefficient (Wildman–Crippen LogP) is 2.31. The Balaban J connectivity index is 1.03.